The zero-order valence-corrected chi connectivity index (χ0v) is 12.1. The maximum Gasteiger partial charge on any atom is 0.262 e. The summed E-state index contributed by atoms with van der Waals surface area (Å²) in [4.78, 5) is 4.09. The molecule has 0 bridgehead atoms. The van der Waals surface area contributed by atoms with E-state index >= 15 is 0 Å². The van der Waals surface area contributed by atoms with Gasteiger partial charge in [-0.2, -0.15) is 0 Å². The fraction of sp³-hybridized carbons (Fsp3) is 0.214. The lowest BCUT2D eigenvalue weighted by Gasteiger charge is -2.12. The van der Waals surface area contributed by atoms with Crippen molar-refractivity contribution in [2.75, 3.05) is 4.72 Å². The van der Waals surface area contributed by atoms with E-state index in [2.05, 4.69) is 9.71 Å². The minimum Gasteiger partial charge on any atom is -0.392 e. The molecule has 0 aliphatic heterocycles. The number of benzene rings is 1. The predicted molar refractivity (Wildman–Crippen MR) is 76.9 cm³/mol. The number of aliphatic hydroxyl groups is 1. The summed E-state index contributed by atoms with van der Waals surface area (Å²) >= 11 is 0. The average Bonchev–Trinajstić information content (AvgIpc) is 2.41. The standard InChI is InChI=1S/C14H16N2O3S/c1-10-3-4-12(9-17)7-14(10)20(18,19)16-13-5-6-15-8-11(13)2/h3-8,17H,9H2,1-2H3,(H,15,16). The number of hydrogen-bond acceptors (Lipinski definition) is 4. The van der Waals surface area contributed by atoms with Crippen LogP contribution < -0.4 is 4.72 Å². The summed E-state index contributed by atoms with van der Waals surface area (Å²) in [7, 11) is -3.69. The molecule has 0 saturated carbocycles. The zero-order chi connectivity index (χ0) is 14.8. The van der Waals surface area contributed by atoms with Crippen LogP contribution >= 0.6 is 0 Å². The Hall–Kier alpha value is -1.92. The zero-order valence-electron chi connectivity index (χ0n) is 11.3. The number of aliphatic hydroxyl groups excluding tert-OH is 1. The summed E-state index contributed by atoms with van der Waals surface area (Å²) < 4.78 is 27.4. The van der Waals surface area contributed by atoms with Crippen LogP contribution in [0.3, 0.4) is 0 Å². The van der Waals surface area contributed by atoms with Gasteiger partial charge < -0.3 is 5.11 Å². The Labute approximate surface area is 118 Å². The number of anilines is 1. The van der Waals surface area contributed by atoms with Crippen molar-refractivity contribution >= 4 is 15.7 Å². The quantitative estimate of drug-likeness (QED) is 0.903. The largest absolute Gasteiger partial charge is 0.392 e. The molecule has 0 saturated heterocycles. The van der Waals surface area contributed by atoms with Crippen LogP contribution in [0.4, 0.5) is 5.69 Å². The summed E-state index contributed by atoms with van der Waals surface area (Å²) in [5.74, 6) is 0. The van der Waals surface area contributed by atoms with Crippen LogP contribution in [-0.4, -0.2) is 18.5 Å². The van der Waals surface area contributed by atoms with Crippen molar-refractivity contribution < 1.29 is 13.5 Å². The molecule has 2 N–H and O–H groups in total. The minimum absolute atomic E-state index is 0.167. The number of aryl methyl sites for hydroxylation is 2. The third-order valence-corrected chi connectivity index (χ3v) is 4.50. The van der Waals surface area contributed by atoms with Crippen molar-refractivity contribution in [2.24, 2.45) is 0 Å². The molecular formula is C14H16N2O3S. The van der Waals surface area contributed by atoms with Gasteiger partial charge in [-0.25, -0.2) is 8.42 Å². The molecule has 20 heavy (non-hydrogen) atoms. The molecule has 1 heterocycles. The number of rotatable bonds is 4. The van der Waals surface area contributed by atoms with Gasteiger partial charge >= 0.3 is 0 Å². The smallest absolute Gasteiger partial charge is 0.262 e. The van der Waals surface area contributed by atoms with Crippen molar-refractivity contribution in [3.05, 3.63) is 53.3 Å². The van der Waals surface area contributed by atoms with Crippen molar-refractivity contribution in [1.29, 1.82) is 0 Å². The van der Waals surface area contributed by atoms with Crippen LogP contribution in [0.25, 0.3) is 0 Å². The van der Waals surface area contributed by atoms with Crippen molar-refractivity contribution in [1.82, 2.24) is 4.98 Å². The summed E-state index contributed by atoms with van der Waals surface area (Å²) in [5, 5.41) is 9.13. The van der Waals surface area contributed by atoms with Crippen LogP contribution in [0, 0.1) is 13.8 Å². The minimum atomic E-state index is -3.69. The van der Waals surface area contributed by atoms with E-state index in [1.165, 1.54) is 12.3 Å². The first kappa shape index (κ1) is 14.5. The van der Waals surface area contributed by atoms with E-state index < -0.39 is 10.0 Å². The molecule has 0 radical (unpaired) electrons. The van der Waals surface area contributed by atoms with Crippen molar-refractivity contribution in [3.63, 3.8) is 0 Å². The Morgan fingerprint density at radius 2 is 1.95 bits per heavy atom. The Balaban J connectivity index is 2.43. The molecular weight excluding hydrogens is 276 g/mol. The summed E-state index contributed by atoms with van der Waals surface area (Å²) in [6, 6.07) is 6.47. The van der Waals surface area contributed by atoms with Crippen LogP contribution in [0.15, 0.2) is 41.6 Å². The van der Waals surface area contributed by atoms with Crippen molar-refractivity contribution in [3.8, 4) is 0 Å². The highest BCUT2D eigenvalue weighted by Gasteiger charge is 2.18. The summed E-state index contributed by atoms with van der Waals surface area (Å²) in [6.07, 6.45) is 3.12. The van der Waals surface area contributed by atoms with E-state index in [9.17, 15) is 8.42 Å². The normalized spacial score (nSPS) is 11.3. The second-order valence-corrected chi connectivity index (χ2v) is 6.20. The second-order valence-electron chi connectivity index (χ2n) is 4.55. The molecule has 1 aromatic carbocycles. The van der Waals surface area contributed by atoms with Crippen LogP contribution in [0.1, 0.15) is 16.7 Å². The highest BCUT2D eigenvalue weighted by molar-refractivity contribution is 7.92. The highest BCUT2D eigenvalue weighted by atomic mass is 32.2. The number of pyridine rings is 1. The number of nitrogens with one attached hydrogen (secondary N) is 1. The van der Waals surface area contributed by atoms with Gasteiger partial charge in [0.1, 0.15) is 0 Å². The van der Waals surface area contributed by atoms with Gasteiger partial charge in [-0.05, 0) is 42.7 Å². The Bertz CT molecular complexity index is 727. The van der Waals surface area contributed by atoms with Crippen LogP contribution in [-0.2, 0) is 16.6 Å². The average molecular weight is 292 g/mol. The lowest BCUT2D eigenvalue weighted by molar-refractivity contribution is 0.281. The molecule has 0 aliphatic rings. The number of hydrogen-bond donors (Lipinski definition) is 2. The van der Waals surface area contributed by atoms with Crippen LogP contribution in [0.2, 0.25) is 0 Å². The van der Waals surface area contributed by atoms with E-state index in [0.29, 0.717) is 16.8 Å². The fourth-order valence-corrected chi connectivity index (χ4v) is 3.25. The molecule has 5 nitrogen and oxygen atoms in total. The number of nitrogens with zero attached hydrogens (tertiary/aromatic N) is 1. The Kier molecular flexibility index (Phi) is 4.06. The molecule has 0 spiro atoms. The molecule has 0 fully saturated rings. The SMILES string of the molecule is Cc1cnccc1NS(=O)(=O)c1cc(CO)ccc1C. The van der Waals surface area contributed by atoms with Gasteiger partial charge in [0.2, 0.25) is 0 Å². The van der Waals surface area contributed by atoms with Gasteiger partial charge in [0.25, 0.3) is 10.0 Å². The maximum atomic E-state index is 12.4. The molecule has 0 amide bonds. The molecule has 0 unspecified atom stereocenters. The van der Waals surface area contributed by atoms with Gasteiger partial charge in [0.15, 0.2) is 0 Å². The van der Waals surface area contributed by atoms with Gasteiger partial charge in [-0.1, -0.05) is 12.1 Å². The van der Waals surface area contributed by atoms with Gasteiger partial charge in [-0.15, -0.1) is 0 Å². The van der Waals surface area contributed by atoms with Gasteiger partial charge in [0, 0.05) is 12.4 Å². The van der Waals surface area contributed by atoms with Crippen LogP contribution in [0.5, 0.6) is 0 Å². The van der Waals surface area contributed by atoms with E-state index in [4.69, 9.17) is 5.11 Å². The third kappa shape index (κ3) is 2.97. The summed E-state index contributed by atoms with van der Waals surface area (Å²) in [5.41, 5.74) is 2.42. The molecule has 1 aromatic heterocycles. The molecule has 0 atom stereocenters. The van der Waals surface area contributed by atoms with E-state index in [1.54, 1.807) is 38.2 Å². The first-order valence-corrected chi connectivity index (χ1v) is 7.56. The highest BCUT2D eigenvalue weighted by Crippen LogP contribution is 2.22. The first-order valence-electron chi connectivity index (χ1n) is 6.08. The third-order valence-electron chi connectivity index (χ3n) is 2.99. The molecule has 0 aliphatic carbocycles. The van der Waals surface area contributed by atoms with Gasteiger partial charge in [0.05, 0.1) is 17.2 Å². The molecule has 2 aromatic rings. The predicted octanol–water partition coefficient (Wildman–Crippen LogP) is 1.99. The second kappa shape index (κ2) is 5.60. The molecule has 106 valence electrons. The topological polar surface area (TPSA) is 79.3 Å². The van der Waals surface area contributed by atoms with E-state index in [1.807, 2.05) is 0 Å². The van der Waals surface area contributed by atoms with Crippen molar-refractivity contribution in [2.45, 2.75) is 25.3 Å². The number of aromatic nitrogens is 1. The lowest BCUT2D eigenvalue weighted by Crippen LogP contribution is -2.15. The lowest BCUT2D eigenvalue weighted by atomic mass is 10.2. The van der Waals surface area contributed by atoms with E-state index in [-0.39, 0.29) is 11.5 Å². The summed E-state index contributed by atoms with van der Waals surface area (Å²) in [6.45, 7) is 3.30. The number of sulfonamides is 1. The molecule has 2 rings (SSSR count). The molecule has 6 heteroatoms. The van der Waals surface area contributed by atoms with E-state index in [0.717, 1.165) is 5.56 Å². The van der Waals surface area contributed by atoms with Gasteiger partial charge in [-0.3, -0.25) is 9.71 Å². The Morgan fingerprint density at radius 3 is 2.60 bits per heavy atom. The fourth-order valence-electron chi connectivity index (χ4n) is 1.82. The first-order chi connectivity index (χ1) is 9.44. The maximum absolute atomic E-state index is 12.4. The monoisotopic (exact) mass is 292 g/mol. The Morgan fingerprint density at radius 1 is 1.20 bits per heavy atom.